The Labute approximate surface area is 96.9 Å². The van der Waals surface area contributed by atoms with Crippen molar-refractivity contribution in [2.75, 3.05) is 14.2 Å². The fraction of sp³-hybridized carbons (Fsp3) is 0.636. The van der Waals surface area contributed by atoms with Crippen LogP contribution >= 0.6 is 0 Å². The van der Waals surface area contributed by atoms with Gasteiger partial charge in [-0.05, 0) is 13.3 Å². The van der Waals surface area contributed by atoms with Crippen molar-refractivity contribution in [2.45, 2.75) is 27.2 Å². The van der Waals surface area contributed by atoms with Gasteiger partial charge in [0.25, 0.3) is 0 Å². The molecule has 1 unspecified atom stereocenters. The van der Waals surface area contributed by atoms with Gasteiger partial charge in [-0.15, -0.1) is 0 Å². The molecule has 1 amide bonds. The van der Waals surface area contributed by atoms with Crippen molar-refractivity contribution in [3.63, 3.8) is 0 Å². The highest BCUT2D eigenvalue weighted by molar-refractivity contribution is 5.98. The van der Waals surface area contributed by atoms with Gasteiger partial charge in [-0.1, -0.05) is 25.1 Å². The van der Waals surface area contributed by atoms with Crippen molar-refractivity contribution in [2.24, 2.45) is 11.1 Å². The SMILES string of the molecule is CC/C(=C\C(C)C(=O)N/C(C)=N\OC)NC. The first-order chi connectivity index (χ1) is 7.54. The van der Waals surface area contributed by atoms with Crippen LogP contribution in [-0.4, -0.2) is 25.9 Å². The molecule has 0 saturated heterocycles. The van der Waals surface area contributed by atoms with Gasteiger partial charge >= 0.3 is 0 Å². The van der Waals surface area contributed by atoms with Crippen LogP contribution < -0.4 is 10.6 Å². The number of hydrogen-bond acceptors (Lipinski definition) is 4. The Balaban J connectivity index is 4.39. The standard InChI is InChI=1S/C11H21N3O2/c1-6-10(12-4)7-8(2)11(15)13-9(3)14-16-5/h7-8,12H,6H2,1-5H3,(H,13,14,15)/b10-7+. The predicted octanol–water partition coefficient (Wildman–Crippen LogP) is 1.23. The molecular weight excluding hydrogens is 206 g/mol. The summed E-state index contributed by atoms with van der Waals surface area (Å²) in [5.41, 5.74) is 1.05. The molecule has 0 aliphatic rings. The molecule has 0 aromatic heterocycles. The molecule has 5 nitrogen and oxygen atoms in total. The molecule has 0 radical (unpaired) electrons. The molecule has 16 heavy (non-hydrogen) atoms. The zero-order valence-corrected chi connectivity index (χ0v) is 10.6. The van der Waals surface area contributed by atoms with E-state index < -0.39 is 0 Å². The summed E-state index contributed by atoms with van der Waals surface area (Å²) in [4.78, 5) is 16.2. The summed E-state index contributed by atoms with van der Waals surface area (Å²) in [6.07, 6.45) is 2.77. The van der Waals surface area contributed by atoms with Crippen LogP contribution in [0.1, 0.15) is 27.2 Å². The number of nitrogens with zero attached hydrogens (tertiary/aromatic N) is 1. The fourth-order valence-corrected chi connectivity index (χ4v) is 1.21. The second-order valence-corrected chi connectivity index (χ2v) is 3.43. The van der Waals surface area contributed by atoms with E-state index in [9.17, 15) is 4.79 Å². The third-order valence-electron chi connectivity index (χ3n) is 2.10. The Morgan fingerprint density at radius 2 is 2.19 bits per heavy atom. The molecule has 0 aromatic rings. The number of hydrogen-bond donors (Lipinski definition) is 2. The van der Waals surface area contributed by atoms with E-state index in [2.05, 4.69) is 20.6 Å². The van der Waals surface area contributed by atoms with Crippen molar-refractivity contribution >= 4 is 11.7 Å². The van der Waals surface area contributed by atoms with Gasteiger partial charge in [0.2, 0.25) is 5.91 Å². The Morgan fingerprint density at radius 3 is 2.62 bits per heavy atom. The normalized spacial score (nSPS) is 14.3. The van der Waals surface area contributed by atoms with Crippen molar-refractivity contribution in [3.8, 4) is 0 Å². The Hall–Kier alpha value is -1.52. The quantitative estimate of drug-likeness (QED) is 0.422. The Morgan fingerprint density at radius 1 is 1.56 bits per heavy atom. The van der Waals surface area contributed by atoms with Crippen LogP contribution in [0.15, 0.2) is 16.9 Å². The molecule has 0 bridgehead atoms. The summed E-state index contributed by atoms with van der Waals surface area (Å²) >= 11 is 0. The minimum absolute atomic E-state index is 0.0977. The minimum atomic E-state index is -0.204. The molecule has 2 N–H and O–H groups in total. The minimum Gasteiger partial charge on any atom is -0.398 e. The van der Waals surface area contributed by atoms with Crippen molar-refractivity contribution < 1.29 is 9.63 Å². The van der Waals surface area contributed by atoms with Gasteiger partial charge in [0.05, 0.1) is 5.92 Å². The van der Waals surface area contributed by atoms with Gasteiger partial charge in [-0.3, -0.25) is 4.79 Å². The van der Waals surface area contributed by atoms with E-state index in [1.165, 1.54) is 7.11 Å². The zero-order valence-electron chi connectivity index (χ0n) is 10.6. The van der Waals surface area contributed by atoms with E-state index in [0.717, 1.165) is 12.1 Å². The van der Waals surface area contributed by atoms with Crippen LogP contribution in [0.4, 0.5) is 0 Å². The van der Waals surface area contributed by atoms with Crippen LogP contribution in [0.3, 0.4) is 0 Å². The van der Waals surface area contributed by atoms with Crippen LogP contribution in [0, 0.1) is 5.92 Å². The lowest BCUT2D eigenvalue weighted by Crippen LogP contribution is -2.32. The molecule has 0 spiro atoms. The number of oxime groups is 1. The zero-order chi connectivity index (χ0) is 12.6. The summed E-state index contributed by atoms with van der Waals surface area (Å²) in [6.45, 7) is 5.55. The molecule has 0 aromatic carbocycles. The fourth-order valence-electron chi connectivity index (χ4n) is 1.21. The molecule has 0 aliphatic heterocycles. The number of allylic oxidation sites excluding steroid dienone is 1. The Bertz CT molecular complexity index is 279. The monoisotopic (exact) mass is 227 g/mol. The average molecular weight is 227 g/mol. The summed E-state index contributed by atoms with van der Waals surface area (Å²) in [6, 6.07) is 0. The van der Waals surface area contributed by atoms with Crippen molar-refractivity contribution in [1.82, 2.24) is 10.6 Å². The number of carbonyl (C=O) groups excluding carboxylic acids is 1. The first-order valence-electron chi connectivity index (χ1n) is 5.32. The van der Waals surface area contributed by atoms with Gasteiger partial charge in [-0.25, -0.2) is 0 Å². The van der Waals surface area contributed by atoms with Gasteiger partial charge in [0, 0.05) is 12.7 Å². The highest BCUT2D eigenvalue weighted by Crippen LogP contribution is 2.04. The average Bonchev–Trinajstić information content (AvgIpc) is 2.25. The molecule has 0 aliphatic carbocycles. The van der Waals surface area contributed by atoms with E-state index in [0.29, 0.717) is 5.84 Å². The van der Waals surface area contributed by atoms with Crippen molar-refractivity contribution in [1.29, 1.82) is 0 Å². The van der Waals surface area contributed by atoms with Gasteiger partial charge < -0.3 is 15.5 Å². The van der Waals surface area contributed by atoms with E-state index in [4.69, 9.17) is 0 Å². The molecule has 0 saturated carbocycles. The highest BCUT2D eigenvalue weighted by atomic mass is 16.6. The second-order valence-electron chi connectivity index (χ2n) is 3.43. The van der Waals surface area contributed by atoms with E-state index >= 15 is 0 Å². The molecular formula is C11H21N3O2. The number of carbonyl (C=O) groups is 1. The molecule has 0 heterocycles. The molecule has 0 rings (SSSR count). The number of nitrogens with one attached hydrogen (secondary N) is 2. The molecule has 92 valence electrons. The topological polar surface area (TPSA) is 62.7 Å². The molecule has 0 fully saturated rings. The number of amidine groups is 1. The number of rotatable bonds is 5. The number of amides is 1. The summed E-state index contributed by atoms with van der Waals surface area (Å²) in [5.74, 6) is 0.152. The van der Waals surface area contributed by atoms with E-state index in [1.54, 1.807) is 6.92 Å². The van der Waals surface area contributed by atoms with Crippen LogP contribution in [0.5, 0.6) is 0 Å². The summed E-state index contributed by atoms with van der Waals surface area (Å²) in [7, 11) is 3.28. The lowest BCUT2D eigenvalue weighted by Gasteiger charge is -2.10. The predicted molar refractivity (Wildman–Crippen MR) is 64.9 cm³/mol. The third kappa shape index (κ3) is 5.38. The maximum absolute atomic E-state index is 11.7. The van der Waals surface area contributed by atoms with E-state index in [1.807, 2.05) is 27.0 Å². The lowest BCUT2D eigenvalue weighted by molar-refractivity contribution is -0.121. The van der Waals surface area contributed by atoms with Crippen molar-refractivity contribution in [3.05, 3.63) is 11.8 Å². The maximum Gasteiger partial charge on any atom is 0.232 e. The second kappa shape index (κ2) is 7.73. The van der Waals surface area contributed by atoms with Crippen LogP contribution in [0.2, 0.25) is 0 Å². The smallest absolute Gasteiger partial charge is 0.232 e. The lowest BCUT2D eigenvalue weighted by atomic mass is 10.1. The van der Waals surface area contributed by atoms with E-state index in [-0.39, 0.29) is 11.8 Å². The molecule has 1 atom stereocenters. The van der Waals surface area contributed by atoms with Gasteiger partial charge in [-0.2, -0.15) is 0 Å². The van der Waals surface area contributed by atoms with Gasteiger partial charge in [0.15, 0.2) is 0 Å². The Kier molecular flexibility index (Phi) is 7.00. The first kappa shape index (κ1) is 14.5. The van der Waals surface area contributed by atoms with Crippen LogP contribution in [0.25, 0.3) is 0 Å². The summed E-state index contributed by atoms with van der Waals surface area (Å²) < 4.78 is 0. The third-order valence-corrected chi connectivity index (χ3v) is 2.10. The first-order valence-corrected chi connectivity index (χ1v) is 5.32. The summed E-state index contributed by atoms with van der Waals surface area (Å²) in [5, 5.41) is 9.30. The van der Waals surface area contributed by atoms with Gasteiger partial charge in [0.1, 0.15) is 12.9 Å². The highest BCUT2D eigenvalue weighted by Gasteiger charge is 2.11. The maximum atomic E-state index is 11.7. The molecule has 5 heteroatoms. The largest absolute Gasteiger partial charge is 0.398 e. The van der Waals surface area contributed by atoms with Crippen LogP contribution in [-0.2, 0) is 9.63 Å².